The number of aliphatic hydroxyl groups excluding tert-OH is 1. The van der Waals surface area contributed by atoms with E-state index in [9.17, 15) is 0 Å². The maximum absolute atomic E-state index is 8.52. The van der Waals surface area contributed by atoms with Crippen LogP contribution < -0.4 is 0 Å². The summed E-state index contributed by atoms with van der Waals surface area (Å²) in [5.74, 6) is 0. The van der Waals surface area contributed by atoms with Gasteiger partial charge in [0, 0.05) is 6.61 Å². The molecule has 0 spiro atoms. The number of rotatable bonds is 2. The minimum Gasteiger partial charge on any atom is -0.396 e. The predicted octanol–water partition coefficient (Wildman–Crippen LogP) is 5.52. The average molecular weight is 320 g/mol. The van der Waals surface area contributed by atoms with Gasteiger partial charge in [-0.15, -0.1) is 0 Å². The van der Waals surface area contributed by atoms with Crippen LogP contribution in [0, 0.1) is 20.8 Å². The summed E-state index contributed by atoms with van der Waals surface area (Å²) < 4.78 is 0. The van der Waals surface area contributed by atoms with Crippen LogP contribution in [0.25, 0.3) is 0 Å². The topological polar surface area (TPSA) is 20.2 Å². The molecule has 3 aromatic carbocycles. The van der Waals surface area contributed by atoms with Gasteiger partial charge in [0.05, 0.1) is 0 Å². The molecule has 24 heavy (non-hydrogen) atoms. The van der Waals surface area contributed by atoms with Crippen molar-refractivity contribution in [2.24, 2.45) is 0 Å². The number of aryl methyl sites for hydroxylation is 3. The van der Waals surface area contributed by atoms with Crippen molar-refractivity contribution in [2.75, 3.05) is 6.61 Å². The van der Waals surface area contributed by atoms with Gasteiger partial charge < -0.3 is 5.11 Å². The van der Waals surface area contributed by atoms with Crippen molar-refractivity contribution in [2.45, 2.75) is 27.2 Å². The Morgan fingerprint density at radius 3 is 1.25 bits per heavy atom. The van der Waals surface area contributed by atoms with Crippen LogP contribution in [0.4, 0.5) is 0 Å². The van der Waals surface area contributed by atoms with Gasteiger partial charge in [0.1, 0.15) is 0 Å². The lowest BCUT2D eigenvalue weighted by atomic mass is 10.2. The molecule has 0 atom stereocenters. The largest absolute Gasteiger partial charge is 0.396 e. The van der Waals surface area contributed by atoms with Crippen molar-refractivity contribution >= 4 is 0 Å². The van der Waals surface area contributed by atoms with Crippen LogP contribution in [0.2, 0.25) is 0 Å². The van der Waals surface area contributed by atoms with Crippen molar-refractivity contribution in [3.8, 4) is 0 Å². The van der Waals surface area contributed by atoms with E-state index < -0.39 is 0 Å². The maximum atomic E-state index is 8.52. The van der Waals surface area contributed by atoms with Gasteiger partial charge in [0.2, 0.25) is 0 Å². The van der Waals surface area contributed by atoms with E-state index in [0.29, 0.717) is 0 Å². The van der Waals surface area contributed by atoms with Gasteiger partial charge in [-0.05, 0) is 32.8 Å². The summed E-state index contributed by atoms with van der Waals surface area (Å²) in [6.07, 6.45) is 0.765. The van der Waals surface area contributed by atoms with Crippen LogP contribution in [0.1, 0.15) is 22.3 Å². The molecular formula is C23H28O. The molecule has 1 N–H and O–H groups in total. The van der Waals surface area contributed by atoms with Gasteiger partial charge in [-0.25, -0.2) is 0 Å². The van der Waals surface area contributed by atoms with E-state index in [1.165, 1.54) is 22.3 Å². The van der Waals surface area contributed by atoms with E-state index in [2.05, 4.69) is 57.2 Å². The van der Waals surface area contributed by atoms with Crippen molar-refractivity contribution in [3.05, 3.63) is 107 Å². The van der Waals surface area contributed by atoms with Crippen LogP contribution in [-0.2, 0) is 6.42 Å². The lowest BCUT2D eigenvalue weighted by Gasteiger charge is -1.93. The molecule has 0 heterocycles. The zero-order chi connectivity index (χ0) is 17.6. The highest BCUT2D eigenvalue weighted by molar-refractivity contribution is 5.19. The van der Waals surface area contributed by atoms with E-state index in [4.69, 9.17) is 5.11 Å². The molecule has 0 bridgehead atoms. The highest BCUT2D eigenvalue weighted by Crippen LogP contribution is 1.99. The summed E-state index contributed by atoms with van der Waals surface area (Å²) in [7, 11) is 0. The number of benzene rings is 3. The number of hydrogen-bond acceptors (Lipinski definition) is 1. The lowest BCUT2D eigenvalue weighted by Crippen LogP contribution is -1.88. The number of aliphatic hydroxyl groups is 1. The molecule has 0 aliphatic carbocycles. The summed E-state index contributed by atoms with van der Waals surface area (Å²) in [5, 5.41) is 8.52. The Labute approximate surface area is 146 Å². The van der Waals surface area contributed by atoms with Gasteiger partial charge in [-0.2, -0.15) is 0 Å². The fourth-order valence-corrected chi connectivity index (χ4v) is 1.95. The molecule has 126 valence electrons. The standard InChI is InChI=1S/C8H10O.C8H10.C7H8/c9-7-6-8-4-2-1-3-5-8;1-7-3-5-8(2)6-4-7;1-7-5-3-2-4-6-7/h1-5,9H,6-7H2;3-6H,1-2H3;2-6H,1H3. The molecule has 3 rings (SSSR count). The third kappa shape index (κ3) is 9.60. The van der Waals surface area contributed by atoms with Crippen molar-refractivity contribution in [3.63, 3.8) is 0 Å². The molecule has 0 aliphatic heterocycles. The molecule has 0 saturated carbocycles. The lowest BCUT2D eigenvalue weighted by molar-refractivity contribution is 0.299. The minimum atomic E-state index is 0.240. The zero-order valence-corrected chi connectivity index (χ0v) is 14.9. The predicted molar refractivity (Wildman–Crippen MR) is 104 cm³/mol. The first kappa shape index (κ1) is 19.7. The molecule has 0 aliphatic rings. The Morgan fingerprint density at radius 2 is 0.917 bits per heavy atom. The van der Waals surface area contributed by atoms with E-state index in [-0.39, 0.29) is 6.61 Å². The molecule has 1 heteroatoms. The highest BCUT2D eigenvalue weighted by atomic mass is 16.2. The van der Waals surface area contributed by atoms with E-state index >= 15 is 0 Å². The summed E-state index contributed by atoms with van der Waals surface area (Å²) in [6, 6.07) is 28.7. The van der Waals surface area contributed by atoms with Gasteiger partial charge >= 0.3 is 0 Å². The molecule has 0 unspecified atom stereocenters. The molecular weight excluding hydrogens is 292 g/mol. The van der Waals surface area contributed by atoms with Crippen molar-refractivity contribution in [1.29, 1.82) is 0 Å². The summed E-state index contributed by atoms with van der Waals surface area (Å²) in [6.45, 7) is 6.52. The average Bonchev–Trinajstić information content (AvgIpc) is 2.61. The second-order valence-electron chi connectivity index (χ2n) is 5.77. The van der Waals surface area contributed by atoms with Crippen molar-refractivity contribution in [1.82, 2.24) is 0 Å². The Morgan fingerprint density at radius 1 is 0.542 bits per heavy atom. The summed E-state index contributed by atoms with van der Waals surface area (Å²) >= 11 is 0. The summed E-state index contributed by atoms with van der Waals surface area (Å²) in [5.41, 5.74) is 5.17. The monoisotopic (exact) mass is 320 g/mol. The van der Waals surface area contributed by atoms with Gasteiger partial charge in [0.25, 0.3) is 0 Å². The smallest absolute Gasteiger partial charge is 0.0471 e. The Bertz CT molecular complexity index is 622. The van der Waals surface area contributed by atoms with Crippen molar-refractivity contribution < 1.29 is 5.11 Å². The quantitative estimate of drug-likeness (QED) is 0.659. The molecule has 3 aromatic rings. The molecule has 1 nitrogen and oxygen atoms in total. The third-order valence-corrected chi connectivity index (χ3v) is 3.40. The Balaban J connectivity index is 0.000000181. The van der Waals surface area contributed by atoms with Crippen LogP contribution in [-0.4, -0.2) is 11.7 Å². The highest BCUT2D eigenvalue weighted by Gasteiger charge is 1.85. The van der Waals surface area contributed by atoms with E-state index in [1.54, 1.807) is 0 Å². The molecule has 0 fully saturated rings. The van der Waals surface area contributed by atoms with E-state index in [0.717, 1.165) is 6.42 Å². The first-order valence-corrected chi connectivity index (χ1v) is 8.31. The Kier molecular flexibility index (Phi) is 9.91. The summed E-state index contributed by atoms with van der Waals surface area (Å²) in [4.78, 5) is 0. The van der Waals surface area contributed by atoms with Gasteiger partial charge in [0.15, 0.2) is 0 Å². The van der Waals surface area contributed by atoms with Crippen LogP contribution in [0.5, 0.6) is 0 Å². The second-order valence-corrected chi connectivity index (χ2v) is 5.77. The first-order valence-electron chi connectivity index (χ1n) is 8.31. The van der Waals surface area contributed by atoms with Crippen LogP contribution >= 0.6 is 0 Å². The van der Waals surface area contributed by atoms with E-state index in [1.807, 2.05) is 48.5 Å². The third-order valence-electron chi connectivity index (χ3n) is 3.40. The van der Waals surface area contributed by atoms with Crippen LogP contribution in [0.15, 0.2) is 84.9 Å². The SMILES string of the molecule is Cc1ccc(C)cc1.Cc1ccccc1.OCCc1ccccc1. The fraction of sp³-hybridized carbons (Fsp3) is 0.217. The second kappa shape index (κ2) is 12.1. The normalized spacial score (nSPS) is 9.17. The molecule has 0 amide bonds. The van der Waals surface area contributed by atoms with Gasteiger partial charge in [-0.1, -0.05) is 102 Å². The van der Waals surface area contributed by atoms with Gasteiger partial charge in [-0.3, -0.25) is 0 Å². The fourth-order valence-electron chi connectivity index (χ4n) is 1.95. The number of hydrogen-bond donors (Lipinski definition) is 1. The van der Waals surface area contributed by atoms with Crippen LogP contribution in [0.3, 0.4) is 0 Å². The minimum absolute atomic E-state index is 0.240. The molecule has 0 aromatic heterocycles. The molecule has 0 radical (unpaired) electrons. The first-order chi connectivity index (χ1) is 11.6. The molecule has 0 saturated heterocycles. The maximum Gasteiger partial charge on any atom is 0.0471 e. The Hall–Kier alpha value is -2.38. The zero-order valence-electron chi connectivity index (χ0n) is 14.9.